The molecule has 1 saturated heterocycles. The number of nitrogens with zero attached hydrogens (tertiary/aromatic N) is 2. The third-order valence-corrected chi connectivity index (χ3v) is 7.55. The van der Waals surface area contributed by atoms with E-state index < -0.39 is 10.0 Å². The van der Waals surface area contributed by atoms with Crippen molar-refractivity contribution in [1.29, 1.82) is 0 Å². The quantitative estimate of drug-likeness (QED) is 0.736. The number of hydrogen-bond donors (Lipinski definition) is 1. The molecule has 27 heavy (non-hydrogen) atoms. The number of hydrogen-bond acceptors (Lipinski definition) is 4. The summed E-state index contributed by atoms with van der Waals surface area (Å²) in [4.78, 5) is 14.4. The monoisotopic (exact) mass is 393 g/mol. The van der Waals surface area contributed by atoms with Crippen LogP contribution in [-0.2, 0) is 10.0 Å². The summed E-state index contributed by atoms with van der Waals surface area (Å²) in [6.07, 6.45) is 4.36. The standard InChI is InChI=1S/C20H31N3O3S/c1-3-22(4-2)20(24)17-7-9-19(10-8-17)27(25,26)23-13-11-18(12-14-23)21-15-16-5-6-16/h7-10,16,18,21H,3-6,11-15H2,1-2H3. The molecular weight excluding hydrogens is 362 g/mol. The number of piperidine rings is 1. The lowest BCUT2D eigenvalue weighted by Crippen LogP contribution is -2.45. The van der Waals surface area contributed by atoms with Crippen molar-refractivity contribution < 1.29 is 13.2 Å². The molecule has 0 aromatic heterocycles. The minimum atomic E-state index is -3.50. The van der Waals surface area contributed by atoms with E-state index in [0.717, 1.165) is 25.3 Å². The number of amides is 1. The molecule has 0 unspecified atom stereocenters. The molecular formula is C20H31N3O3S. The lowest BCUT2D eigenvalue weighted by atomic mass is 10.1. The lowest BCUT2D eigenvalue weighted by molar-refractivity contribution is 0.0773. The summed E-state index contributed by atoms with van der Waals surface area (Å²) in [6.45, 7) is 7.31. The summed E-state index contributed by atoms with van der Waals surface area (Å²) in [5, 5.41) is 3.57. The number of carbonyl (C=O) groups is 1. The van der Waals surface area contributed by atoms with Crippen LogP contribution in [0.1, 0.15) is 49.9 Å². The lowest BCUT2D eigenvalue weighted by Gasteiger charge is -2.31. The predicted octanol–water partition coefficient (Wildman–Crippen LogP) is 2.32. The molecule has 0 bridgehead atoms. The van der Waals surface area contributed by atoms with Gasteiger partial charge in [0.05, 0.1) is 4.90 Å². The maximum Gasteiger partial charge on any atom is 0.253 e. The largest absolute Gasteiger partial charge is 0.339 e. The summed E-state index contributed by atoms with van der Waals surface area (Å²) in [5.74, 6) is 0.774. The summed E-state index contributed by atoms with van der Waals surface area (Å²) in [6, 6.07) is 6.79. The Bertz CT molecular complexity index is 732. The van der Waals surface area contributed by atoms with Gasteiger partial charge in [0.25, 0.3) is 5.91 Å². The van der Waals surface area contributed by atoms with E-state index in [1.165, 1.54) is 12.8 Å². The molecule has 1 aromatic carbocycles. The maximum absolute atomic E-state index is 12.9. The number of sulfonamides is 1. The minimum Gasteiger partial charge on any atom is -0.339 e. The first-order valence-corrected chi connectivity index (χ1v) is 11.5. The highest BCUT2D eigenvalue weighted by atomic mass is 32.2. The third kappa shape index (κ3) is 4.89. The van der Waals surface area contributed by atoms with Gasteiger partial charge in [0, 0.05) is 37.8 Å². The van der Waals surface area contributed by atoms with Crippen molar-refractivity contribution >= 4 is 15.9 Å². The van der Waals surface area contributed by atoms with Crippen molar-refractivity contribution in [2.24, 2.45) is 5.92 Å². The molecule has 2 fully saturated rings. The van der Waals surface area contributed by atoms with Crippen LogP contribution in [0, 0.1) is 5.92 Å². The van der Waals surface area contributed by atoms with Crippen LogP contribution in [0.5, 0.6) is 0 Å². The zero-order valence-electron chi connectivity index (χ0n) is 16.4. The fourth-order valence-corrected chi connectivity index (χ4v) is 5.04. The predicted molar refractivity (Wildman–Crippen MR) is 106 cm³/mol. The van der Waals surface area contributed by atoms with Gasteiger partial charge in [-0.05, 0) is 76.3 Å². The van der Waals surface area contributed by atoms with Crippen molar-refractivity contribution in [3.8, 4) is 0 Å². The fraction of sp³-hybridized carbons (Fsp3) is 0.650. The van der Waals surface area contributed by atoms with Crippen LogP contribution in [-0.4, -0.2) is 62.3 Å². The van der Waals surface area contributed by atoms with Crippen molar-refractivity contribution in [1.82, 2.24) is 14.5 Å². The Morgan fingerprint density at radius 2 is 1.67 bits per heavy atom. The summed E-state index contributed by atoms with van der Waals surface area (Å²) in [5.41, 5.74) is 0.528. The van der Waals surface area contributed by atoms with E-state index >= 15 is 0 Å². The first-order valence-electron chi connectivity index (χ1n) is 10.1. The average Bonchev–Trinajstić information content (AvgIpc) is 3.52. The molecule has 6 nitrogen and oxygen atoms in total. The van der Waals surface area contributed by atoms with Gasteiger partial charge < -0.3 is 10.2 Å². The molecule has 1 N–H and O–H groups in total. The molecule has 3 rings (SSSR count). The van der Waals surface area contributed by atoms with Crippen molar-refractivity contribution in [2.45, 2.75) is 50.5 Å². The number of carbonyl (C=O) groups excluding carboxylic acids is 1. The molecule has 1 aliphatic carbocycles. The van der Waals surface area contributed by atoms with Gasteiger partial charge in [0.1, 0.15) is 0 Å². The minimum absolute atomic E-state index is 0.0634. The zero-order chi connectivity index (χ0) is 19.4. The highest BCUT2D eigenvalue weighted by Gasteiger charge is 2.30. The van der Waals surface area contributed by atoms with Crippen LogP contribution in [0.3, 0.4) is 0 Å². The van der Waals surface area contributed by atoms with E-state index in [1.807, 2.05) is 13.8 Å². The average molecular weight is 394 g/mol. The van der Waals surface area contributed by atoms with Crippen molar-refractivity contribution in [3.05, 3.63) is 29.8 Å². The van der Waals surface area contributed by atoms with Gasteiger partial charge in [-0.25, -0.2) is 8.42 Å². The van der Waals surface area contributed by atoms with Crippen LogP contribution >= 0.6 is 0 Å². The maximum atomic E-state index is 12.9. The van der Waals surface area contributed by atoms with Gasteiger partial charge in [-0.1, -0.05) is 0 Å². The van der Waals surface area contributed by atoms with E-state index in [4.69, 9.17) is 0 Å². The van der Waals surface area contributed by atoms with E-state index in [-0.39, 0.29) is 10.8 Å². The normalized spacial score (nSPS) is 19.2. The Morgan fingerprint density at radius 3 is 2.19 bits per heavy atom. The molecule has 1 aliphatic heterocycles. The summed E-state index contributed by atoms with van der Waals surface area (Å²) >= 11 is 0. The summed E-state index contributed by atoms with van der Waals surface area (Å²) in [7, 11) is -3.50. The second kappa shape index (κ2) is 8.71. The number of benzene rings is 1. The van der Waals surface area contributed by atoms with Gasteiger partial charge in [0.15, 0.2) is 0 Å². The van der Waals surface area contributed by atoms with Gasteiger partial charge in [-0.2, -0.15) is 4.31 Å². The van der Waals surface area contributed by atoms with Crippen molar-refractivity contribution in [3.63, 3.8) is 0 Å². The molecule has 2 aliphatic rings. The number of rotatable bonds is 8. The van der Waals surface area contributed by atoms with E-state index in [9.17, 15) is 13.2 Å². The molecule has 150 valence electrons. The highest BCUT2D eigenvalue weighted by molar-refractivity contribution is 7.89. The Balaban J connectivity index is 1.60. The van der Waals surface area contributed by atoms with E-state index in [0.29, 0.717) is 37.8 Å². The van der Waals surface area contributed by atoms with Crippen LogP contribution in [0.2, 0.25) is 0 Å². The Kier molecular flexibility index (Phi) is 6.55. The van der Waals surface area contributed by atoms with Gasteiger partial charge >= 0.3 is 0 Å². The van der Waals surface area contributed by atoms with Gasteiger partial charge in [-0.3, -0.25) is 4.79 Å². The van der Waals surface area contributed by atoms with Gasteiger partial charge in [-0.15, -0.1) is 0 Å². The second-order valence-corrected chi connectivity index (χ2v) is 9.47. The zero-order valence-corrected chi connectivity index (χ0v) is 17.2. The van der Waals surface area contributed by atoms with Gasteiger partial charge in [0.2, 0.25) is 10.0 Å². The topological polar surface area (TPSA) is 69.7 Å². The Morgan fingerprint density at radius 1 is 1.07 bits per heavy atom. The Hall–Kier alpha value is -1.44. The molecule has 1 saturated carbocycles. The van der Waals surface area contributed by atoms with E-state index in [2.05, 4.69) is 5.32 Å². The number of nitrogens with one attached hydrogen (secondary N) is 1. The van der Waals surface area contributed by atoms with Crippen LogP contribution < -0.4 is 5.32 Å². The van der Waals surface area contributed by atoms with Crippen LogP contribution in [0.15, 0.2) is 29.2 Å². The fourth-order valence-electron chi connectivity index (χ4n) is 3.57. The van der Waals surface area contributed by atoms with Crippen LogP contribution in [0.4, 0.5) is 0 Å². The van der Waals surface area contributed by atoms with Crippen LogP contribution in [0.25, 0.3) is 0 Å². The van der Waals surface area contributed by atoms with E-state index in [1.54, 1.807) is 33.5 Å². The molecule has 1 heterocycles. The molecule has 0 atom stereocenters. The first-order chi connectivity index (χ1) is 13.0. The molecule has 0 spiro atoms. The molecule has 7 heteroatoms. The molecule has 0 radical (unpaired) electrons. The van der Waals surface area contributed by atoms with Crippen molar-refractivity contribution in [2.75, 3.05) is 32.7 Å². The second-order valence-electron chi connectivity index (χ2n) is 7.53. The molecule has 1 amide bonds. The first kappa shape index (κ1) is 20.3. The Labute approximate surface area is 163 Å². The summed E-state index contributed by atoms with van der Waals surface area (Å²) < 4.78 is 27.4. The highest BCUT2D eigenvalue weighted by Crippen LogP contribution is 2.28. The molecule has 1 aromatic rings. The SMILES string of the molecule is CCN(CC)C(=O)c1ccc(S(=O)(=O)N2CCC(NCC3CC3)CC2)cc1. The third-order valence-electron chi connectivity index (χ3n) is 5.64. The smallest absolute Gasteiger partial charge is 0.253 e.